The number of carbonyl (C=O) groups excluding carboxylic acids is 1. The SMILES string of the molecule is O=C(C=CCN1CCCC1)N1CCOc2cc3ncnc(Nc4ccc(OCc5cccc(F)c5)c(Cl)c4)c3cc21. The highest BCUT2D eigenvalue weighted by molar-refractivity contribution is 6.32. The Bertz CT molecular complexity index is 1610. The third-order valence-corrected chi connectivity index (χ3v) is 7.44. The number of ether oxygens (including phenoxy) is 2. The Morgan fingerprint density at radius 2 is 1.98 bits per heavy atom. The number of rotatable bonds is 8. The smallest absolute Gasteiger partial charge is 0.250 e. The van der Waals surface area contributed by atoms with Crippen LogP contribution in [0.2, 0.25) is 5.02 Å². The molecule has 6 rings (SSSR count). The fourth-order valence-corrected chi connectivity index (χ4v) is 5.31. The zero-order valence-corrected chi connectivity index (χ0v) is 23.1. The van der Waals surface area contributed by atoms with Gasteiger partial charge in [0.05, 0.1) is 22.8 Å². The van der Waals surface area contributed by atoms with Crippen molar-refractivity contribution >= 4 is 45.6 Å². The number of fused-ring (bicyclic) bond motifs is 2. The van der Waals surface area contributed by atoms with E-state index in [4.69, 9.17) is 21.1 Å². The molecule has 10 heteroatoms. The molecule has 3 heterocycles. The predicted octanol–water partition coefficient (Wildman–Crippen LogP) is 6.12. The molecule has 0 atom stereocenters. The van der Waals surface area contributed by atoms with Crippen molar-refractivity contribution in [1.29, 1.82) is 0 Å². The van der Waals surface area contributed by atoms with Crippen LogP contribution in [0.4, 0.5) is 21.6 Å². The molecular formula is C31H29ClFN5O3. The van der Waals surface area contributed by atoms with E-state index in [0.717, 1.165) is 25.0 Å². The summed E-state index contributed by atoms with van der Waals surface area (Å²) in [5.74, 6) is 1.25. The minimum Gasteiger partial charge on any atom is -0.489 e. The van der Waals surface area contributed by atoms with Crippen molar-refractivity contribution in [2.45, 2.75) is 19.4 Å². The molecule has 0 unspecified atom stereocenters. The second kappa shape index (κ2) is 12.1. The van der Waals surface area contributed by atoms with Crippen molar-refractivity contribution in [3.05, 3.63) is 89.5 Å². The van der Waals surface area contributed by atoms with Crippen LogP contribution in [0, 0.1) is 5.82 Å². The molecule has 1 saturated heterocycles. The van der Waals surface area contributed by atoms with E-state index in [0.29, 0.717) is 57.9 Å². The van der Waals surface area contributed by atoms with Crippen LogP contribution in [0.5, 0.6) is 11.5 Å². The number of amides is 1. The topological polar surface area (TPSA) is 79.8 Å². The molecule has 0 bridgehead atoms. The van der Waals surface area contributed by atoms with Crippen molar-refractivity contribution < 1.29 is 18.7 Å². The normalized spacial score (nSPS) is 15.2. The molecule has 210 valence electrons. The van der Waals surface area contributed by atoms with E-state index in [1.807, 2.05) is 24.3 Å². The average molecular weight is 574 g/mol. The van der Waals surface area contributed by atoms with Gasteiger partial charge in [0, 0.05) is 29.8 Å². The molecule has 1 aromatic heterocycles. The number of anilines is 3. The highest BCUT2D eigenvalue weighted by Crippen LogP contribution is 2.38. The van der Waals surface area contributed by atoms with E-state index >= 15 is 0 Å². The highest BCUT2D eigenvalue weighted by Gasteiger charge is 2.24. The summed E-state index contributed by atoms with van der Waals surface area (Å²) in [5, 5.41) is 4.44. The van der Waals surface area contributed by atoms with Gasteiger partial charge in [-0.1, -0.05) is 29.8 Å². The Balaban J connectivity index is 1.20. The van der Waals surface area contributed by atoms with Crippen LogP contribution in [0.25, 0.3) is 10.9 Å². The molecule has 4 aromatic rings. The van der Waals surface area contributed by atoms with E-state index in [2.05, 4.69) is 20.2 Å². The first-order valence-electron chi connectivity index (χ1n) is 13.6. The largest absolute Gasteiger partial charge is 0.489 e. The van der Waals surface area contributed by atoms with Crippen molar-refractivity contribution in [1.82, 2.24) is 14.9 Å². The number of hydrogen-bond donors (Lipinski definition) is 1. The Hall–Kier alpha value is -4.21. The van der Waals surface area contributed by atoms with Gasteiger partial charge in [0.25, 0.3) is 5.91 Å². The van der Waals surface area contributed by atoms with Gasteiger partial charge in [0.15, 0.2) is 0 Å². The van der Waals surface area contributed by atoms with Gasteiger partial charge >= 0.3 is 0 Å². The maximum Gasteiger partial charge on any atom is 0.250 e. The molecule has 1 fully saturated rings. The summed E-state index contributed by atoms with van der Waals surface area (Å²) in [6, 6.07) is 15.3. The van der Waals surface area contributed by atoms with Gasteiger partial charge in [-0.3, -0.25) is 9.69 Å². The third-order valence-electron chi connectivity index (χ3n) is 7.15. The molecule has 3 aromatic carbocycles. The fraction of sp³-hybridized carbons (Fsp3) is 0.258. The van der Waals surface area contributed by atoms with E-state index in [9.17, 15) is 9.18 Å². The Kier molecular flexibility index (Phi) is 7.98. The van der Waals surface area contributed by atoms with E-state index < -0.39 is 0 Å². The first-order chi connectivity index (χ1) is 20.0. The maximum atomic E-state index is 13.5. The lowest BCUT2D eigenvalue weighted by molar-refractivity contribution is -0.114. The maximum absolute atomic E-state index is 13.5. The van der Waals surface area contributed by atoms with Gasteiger partial charge in [-0.2, -0.15) is 0 Å². The van der Waals surface area contributed by atoms with Crippen LogP contribution in [0.1, 0.15) is 18.4 Å². The van der Waals surface area contributed by atoms with E-state index in [1.54, 1.807) is 35.2 Å². The zero-order chi connectivity index (χ0) is 28.2. The molecule has 1 amide bonds. The quantitative estimate of drug-likeness (QED) is 0.254. The van der Waals surface area contributed by atoms with Crippen molar-refractivity contribution in [3.8, 4) is 11.5 Å². The van der Waals surface area contributed by atoms with Crippen LogP contribution in [0.3, 0.4) is 0 Å². The first-order valence-corrected chi connectivity index (χ1v) is 14.0. The number of nitrogens with one attached hydrogen (secondary N) is 1. The van der Waals surface area contributed by atoms with Crippen LogP contribution in [0.15, 0.2) is 73.1 Å². The molecule has 0 spiro atoms. The number of nitrogens with zero attached hydrogens (tertiary/aromatic N) is 4. The lowest BCUT2D eigenvalue weighted by atomic mass is 10.1. The minimum absolute atomic E-state index is 0.0833. The van der Waals surface area contributed by atoms with Gasteiger partial charge in [0.1, 0.15) is 42.7 Å². The molecule has 0 aliphatic carbocycles. The molecule has 41 heavy (non-hydrogen) atoms. The monoisotopic (exact) mass is 573 g/mol. The van der Waals surface area contributed by atoms with Crippen LogP contribution >= 0.6 is 11.6 Å². The number of aromatic nitrogens is 2. The third kappa shape index (κ3) is 6.26. The van der Waals surface area contributed by atoms with Gasteiger partial charge in [-0.05, 0) is 67.9 Å². The molecule has 0 saturated carbocycles. The summed E-state index contributed by atoms with van der Waals surface area (Å²) in [5.41, 5.74) is 2.76. The number of hydrogen-bond acceptors (Lipinski definition) is 7. The highest BCUT2D eigenvalue weighted by atomic mass is 35.5. The molecule has 2 aliphatic rings. The van der Waals surface area contributed by atoms with Crippen LogP contribution < -0.4 is 19.7 Å². The summed E-state index contributed by atoms with van der Waals surface area (Å²) in [6.45, 7) is 3.99. The summed E-state index contributed by atoms with van der Waals surface area (Å²) in [4.78, 5) is 26.1. The molecule has 1 N–H and O–H groups in total. The van der Waals surface area contributed by atoms with Crippen LogP contribution in [-0.4, -0.2) is 53.6 Å². The summed E-state index contributed by atoms with van der Waals surface area (Å²) in [6.07, 6.45) is 7.49. The number of halogens is 2. The molecular weight excluding hydrogens is 545 g/mol. The van der Waals surface area contributed by atoms with Crippen molar-refractivity contribution in [3.63, 3.8) is 0 Å². The van der Waals surface area contributed by atoms with Gasteiger partial charge < -0.3 is 19.7 Å². The summed E-state index contributed by atoms with van der Waals surface area (Å²) in [7, 11) is 0. The number of benzene rings is 3. The predicted molar refractivity (Wildman–Crippen MR) is 158 cm³/mol. The van der Waals surface area contributed by atoms with Crippen molar-refractivity contribution in [2.75, 3.05) is 43.0 Å². The van der Waals surface area contributed by atoms with Gasteiger partial charge in [-0.25, -0.2) is 14.4 Å². The second-order valence-corrected chi connectivity index (χ2v) is 10.4. The zero-order valence-electron chi connectivity index (χ0n) is 22.4. The lowest BCUT2D eigenvalue weighted by Gasteiger charge is -2.29. The van der Waals surface area contributed by atoms with Gasteiger partial charge in [0.2, 0.25) is 0 Å². The Labute approximate surface area is 242 Å². The molecule has 0 radical (unpaired) electrons. The van der Waals surface area contributed by atoms with Crippen molar-refractivity contribution in [2.24, 2.45) is 0 Å². The first kappa shape index (κ1) is 27.0. The number of likely N-dealkylation sites (tertiary alicyclic amines) is 1. The minimum atomic E-state index is -0.317. The summed E-state index contributed by atoms with van der Waals surface area (Å²) >= 11 is 6.50. The fourth-order valence-electron chi connectivity index (χ4n) is 5.07. The standard InChI is InChI=1S/C31H29ClFN5O3/c32-25-16-23(8-9-28(25)41-19-21-5-3-6-22(33)15-21)36-31-24-17-27-29(18-26(24)34-20-35-31)40-14-13-38(27)30(39)7-4-12-37-10-1-2-11-37/h3-9,15-18,20H,1-2,10-14,19H2,(H,34,35,36). The lowest BCUT2D eigenvalue weighted by Crippen LogP contribution is -2.37. The van der Waals surface area contributed by atoms with Crippen LogP contribution in [-0.2, 0) is 11.4 Å². The Morgan fingerprint density at radius 3 is 2.80 bits per heavy atom. The molecule has 2 aliphatic heterocycles. The summed E-state index contributed by atoms with van der Waals surface area (Å²) < 4.78 is 25.2. The number of carbonyl (C=O) groups is 1. The van der Waals surface area contributed by atoms with E-state index in [1.165, 1.54) is 31.3 Å². The molecule has 8 nitrogen and oxygen atoms in total. The second-order valence-electron chi connectivity index (χ2n) is 10.00. The Morgan fingerprint density at radius 1 is 1.10 bits per heavy atom. The van der Waals surface area contributed by atoms with E-state index in [-0.39, 0.29) is 18.3 Å². The average Bonchev–Trinajstić information content (AvgIpc) is 3.49. The van der Waals surface area contributed by atoms with Gasteiger partial charge in [-0.15, -0.1) is 0 Å².